The van der Waals surface area contributed by atoms with E-state index in [1.807, 2.05) is 18.7 Å². The van der Waals surface area contributed by atoms with E-state index in [0.717, 1.165) is 32.5 Å². The van der Waals surface area contributed by atoms with Gasteiger partial charge in [0, 0.05) is 25.7 Å². The molecular formula is C12H24N2O2. The van der Waals surface area contributed by atoms with Crippen LogP contribution in [0, 0.1) is 0 Å². The summed E-state index contributed by atoms with van der Waals surface area (Å²) >= 11 is 0. The average Bonchev–Trinajstić information content (AvgIpc) is 2.81. The maximum Gasteiger partial charge on any atom is 0.236 e. The van der Waals surface area contributed by atoms with Crippen molar-refractivity contribution >= 4 is 5.91 Å². The maximum atomic E-state index is 11.7. The Balaban J connectivity index is 2.24. The molecule has 4 heteroatoms. The molecule has 2 unspecified atom stereocenters. The van der Waals surface area contributed by atoms with Crippen LogP contribution in [0.2, 0.25) is 0 Å². The van der Waals surface area contributed by atoms with Crippen LogP contribution in [0.15, 0.2) is 0 Å². The van der Waals surface area contributed by atoms with E-state index in [1.54, 1.807) is 0 Å². The lowest BCUT2D eigenvalue weighted by Gasteiger charge is -2.23. The first-order chi connectivity index (χ1) is 7.69. The molecule has 0 bridgehead atoms. The molecule has 1 aliphatic heterocycles. The molecule has 0 aromatic carbocycles. The first-order valence-electron chi connectivity index (χ1n) is 6.31. The van der Waals surface area contributed by atoms with Crippen LogP contribution < -0.4 is 5.32 Å². The van der Waals surface area contributed by atoms with Crippen molar-refractivity contribution in [3.05, 3.63) is 0 Å². The Morgan fingerprint density at radius 3 is 2.69 bits per heavy atom. The largest absolute Gasteiger partial charge is 0.377 e. The van der Waals surface area contributed by atoms with Gasteiger partial charge in [0.05, 0.1) is 12.6 Å². The van der Waals surface area contributed by atoms with Crippen LogP contribution in [0.1, 0.15) is 33.6 Å². The standard InChI is InChI=1S/C12H24N2O2/c1-4-14(5-2)12(15)9-13-10(3)11-7-6-8-16-11/h10-11,13H,4-9H2,1-3H3. The molecule has 0 aromatic heterocycles. The fourth-order valence-corrected chi connectivity index (χ4v) is 2.06. The van der Waals surface area contributed by atoms with Gasteiger partial charge < -0.3 is 15.0 Å². The van der Waals surface area contributed by atoms with Crippen LogP contribution >= 0.6 is 0 Å². The second-order valence-corrected chi connectivity index (χ2v) is 4.29. The fraction of sp³-hybridized carbons (Fsp3) is 0.917. The minimum Gasteiger partial charge on any atom is -0.377 e. The van der Waals surface area contributed by atoms with Gasteiger partial charge in [-0.2, -0.15) is 0 Å². The van der Waals surface area contributed by atoms with Gasteiger partial charge in [-0.1, -0.05) is 0 Å². The van der Waals surface area contributed by atoms with Crippen LogP contribution in [-0.4, -0.2) is 49.2 Å². The molecule has 16 heavy (non-hydrogen) atoms. The van der Waals surface area contributed by atoms with Crippen molar-refractivity contribution in [2.75, 3.05) is 26.2 Å². The van der Waals surface area contributed by atoms with Crippen LogP contribution in [-0.2, 0) is 9.53 Å². The molecule has 1 heterocycles. The number of ether oxygens (including phenoxy) is 1. The fourth-order valence-electron chi connectivity index (χ4n) is 2.06. The summed E-state index contributed by atoms with van der Waals surface area (Å²) in [6, 6.07) is 0.266. The molecule has 1 rings (SSSR count). The first-order valence-corrected chi connectivity index (χ1v) is 6.31. The quantitative estimate of drug-likeness (QED) is 0.738. The highest BCUT2D eigenvalue weighted by atomic mass is 16.5. The van der Waals surface area contributed by atoms with Crippen LogP contribution in [0.4, 0.5) is 0 Å². The van der Waals surface area contributed by atoms with Crippen molar-refractivity contribution in [1.82, 2.24) is 10.2 Å². The number of nitrogens with one attached hydrogen (secondary N) is 1. The van der Waals surface area contributed by atoms with E-state index in [1.165, 1.54) is 0 Å². The summed E-state index contributed by atoms with van der Waals surface area (Å²) in [5.41, 5.74) is 0. The Morgan fingerprint density at radius 2 is 2.19 bits per heavy atom. The van der Waals surface area contributed by atoms with Gasteiger partial charge in [0.1, 0.15) is 0 Å². The Kier molecular flexibility index (Phi) is 5.77. The summed E-state index contributed by atoms with van der Waals surface area (Å²) < 4.78 is 5.57. The molecule has 1 amide bonds. The third-order valence-electron chi connectivity index (χ3n) is 3.21. The molecule has 94 valence electrons. The lowest BCUT2D eigenvalue weighted by Crippen LogP contribution is -2.44. The highest BCUT2D eigenvalue weighted by Gasteiger charge is 2.22. The lowest BCUT2D eigenvalue weighted by molar-refractivity contribution is -0.130. The third-order valence-corrected chi connectivity index (χ3v) is 3.21. The van der Waals surface area contributed by atoms with Crippen molar-refractivity contribution in [3.8, 4) is 0 Å². The van der Waals surface area contributed by atoms with Gasteiger partial charge in [0.25, 0.3) is 0 Å². The molecule has 0 saturated carbocycles. The van der Waals surface area contributed by atoms with Crippen molar-refractivity contribution in [2.45, 2.75) is 45.8 Å². The minimum absolute atomic E-state index is 0.176. The molecule has 0 aromatic rings. The molecule has 4 nitrogen and oxygen atoms in total. The van der Waals surface area contributed by atoms with E-state index >= 15 is 0 Å². The summed E-state index contributed by atoms with van der Waals surface area (Å²) in [6.07, 6.45) is 2.53. The molecule has 2 atom stereocenters. The monoisotopic (exact) mass is 228 g/mol. The zero-order chi connectivity index (χ0) is 12.0. The van der Waals surface area contributed by atoms with Gasteiger partial charge in [-0.05, 0) is 33.6 Å². The first kappa shape index (κ1) is 13.5. The molecule has 0 radical (unpaired) electrons. The molecule has 1 N–H and O–H groups in total. The Hall–Kier alpha value is -0.610. The number of amides is 1. The Bertz CT molecular complexity index is 211. The van der Waals surface area contributed by atoms with Gasteiger partial charge >= 0.3 is 0 Å². The summed E-state index contributed by atoms with van der Waals surface area (Å²) in [5, 5.41) is 3.26. The van der Waals surface area contributed by atoms with Crippen molar-refractivity contribution < 1.29 is 9.53 Å². The van der Waals surface area contributed by atoms with E-state index in [-0.39, 0.29) is 18.1 Å². The summed E-state index contributed by atoms with van der Waals surface area (Å²) in [5.74, 6) is 0.176. The predicted octanol–water partition coefficient (Wildman–Crippen LogP) is 1.01. The lowest BCUT2D eigenvalue weighted by atomic mass is 10.1. The second-order valence-electron chi connectivity index (χ2n) is 4.29. The van der Waals surface area contributed by atoms with Gasteiger partial charge in [-0.3, -0.25) is 4.79 Å². The minimum atomic E-state index is 0.176. The van der Waals surface area contributed by atoms with Gasteiger partial charge in [-0.25, -0.2) is 0 Å². The maximum absolute atomic E-state index is 11.7. The number of carbonyl (C=O) groups excluding carboxylic acids is 1. The number of carbonyl (C=O) groups is 1. The van der Waals surface area contributed by atoms with Crippen molar-refractivity contribution in [2.24, 2.45) is 0 Å². The van der Waals surface area contributed by atoms with Crippen molar-refractivity contribution in [3.63, 3.8) is 0 Å². The number of nitrogens with zero attached hydrogens (tertiary/aromatic N) is 1. The Labute approximate surface area is 98.3 Å². The number of hydrogen-bond donors (Lipinski definition) is 1. The number of likely N-dealkylation sites (N-methyl/N-ethyl adjacent to an activating group) is 1. The van der Waals surface area contributed by atoms with Crippen molar-refractivity contribution in [1.29, 1.82) is 0 Å². The summed E-state index contributed by atoms with van der Waals surface area (Å²) in [4.78, 5) is 13.6. The zero-order valence-electron chi connectivity index (χ0n) is 10.7. The van der Waals surface area contributed by atoms with Gasteiger partial charge in [-0.15, -0.1) is 0 Å². The molecule has 0 aliphatic carbocycles. The average molecular weight is 228 g/mol. The van der Waals surface area contributed by atoms with E-state index in [4.69, 9.17) is 4.74 Å². The van der Waals surface area contributed by atoms with Gasteiger partial charge in [0.2, 0.25) is 5.91 Å². The molecule has 1 aliphatic rings. The van der Waals surface area contributed by atoms with Crippen LogP contribution in [0.5, 0.6) is 0 Å². The topological polar surface area (TPSA) is 41.6 Å². The van der Waals surface area contributed by atoms with E-state index in [0.29, 0.717) is 6.54 Å². The summed E-state index contributed by atoms with van der Waals surface area (Å²) in [6.45, 7) is 8.95. The van der Waals surface area contributed by atoms with Crippen LogP contribution in [0.25, 0.3) is 0 Å². The SMILES string of the molecule is CCN(CC)C(=O)CNC(C)C1CCCO1. The third kappa shape index (κ3) is 3.76. The van der Waals surface area contributed by atoms with E-state index < -0.39 is 0 Å². The van der Waals surface area contributed by atoms with Crippen LogP contribution in [0.3, 0.4) is 0 Å². The molecule has 0 spiro atoms. The number of hydrogen-bond acceptors (Lipinski definition) is 3. The highest BCUT2D eigenvalue weighted by Crippen LogP contribution is 2.15. The molecule has 1 saturated heterocycles. The highest BCUT2D eigenvalue weighted by molar-refractivity contribution is 5.78. The molecular weight excluding hydrogens is 204 g/mol. The Morgan fingerprint density at radius 1 is 1.50 bits per heavy atom. The molecule has 1 fully saturated rings. The number of rotatable bonds is 6. The van der Waals surface area contributed by atoms with E-state index in [2.05, 4.69) is 12.2 Å². The van der Waals surface area contributed by atoms with Gasteiger partial charge in [0.15, 0.2) is 0 Å². The second kappa shape index (κ2) is 6.86. The van der Waals surface area contributed by atoms with E-state index in [9.17, 15) is 4.79 Å². The smallest absolute Gasteiger partial charge is 0.236 e. The zero-order valence-corrected chi connectivity index (χ0v) is 10.7. The normalized spacial score (nSPS) is 22.1. The predicted molar refractivity (Wildman–Crippen MR) is 64.4 cm³/mol. The summed E-state index contributed by atoms with van der Waals surface area (Å²) in [7, 11) is 0.